The fraction of sp³-hybridized carbons (Fsp3) is 0.533. The third-order valence-electron chi connectivity index (χ3n) is 4.64. The molecule has 2 atom stereocenters. The van der Waals surface area contributed by atoms with Crippen molar-refractivity contribution >= 4 is 15.6 Å². The molecule has 6 heteroatoms. The quantitative estimate of drug-likeness (QED) is 0.804. The molecule has 1 aromatic rings. The zero-order valence-electron chi connectivity index (χ0n) is 11.7. The minimum atomic E-state index is -3.04. The van der Waals surface area contributed by atoms with Crippen molar-refractivity contribution in [3.8, 4) is 5.75 Å². The fourth-order valence-electron chi connectivity index (χ4n) is 3.48. The van der Waals surface area contributed by atoms with Crippen molar-refractivity contribution in [2.75, 3.05) is 7.11 Å². The van der Waals surface area contributed by atoms with Crippen LogP contribution in [-0.4, -0.2) is 31.8 Å². The highest BCUT2D eigenvalue weighted by Gasteiger charge is 2.48. The second-order valence-corrected chi connectivity index (χ2v) is 8.30. The van der Waals surface area contributed by atoms with Crippen LogP contribution in [0.4, 0.5) is 4.39 Å². The Labute approximate surface area is 123 Å². The molecule has 2 aliphatic rings. The summed E-state index contributed by atoms with van der Waals surface area (Å²) in [4.78, 5) is 12.5. The molecule has 0 aliphatic carbocycles. The Morgan fingerprint density at radius 2 is 1.86 bits per heavy atom. The molecule has 0 amide bonds. The summed E-state index contributed by atoms with van der Waals surface area (Å²) in [6.45, 7) is 0. The van der Waals surface area contributed by atoms with Crippen LogP contribution in [0, 0.1) is 11.7 Å². The summed E-state index contributed by atoms with van der Waals surface area (Å²) >= 11 is 0. The highest BCUT2D eigenvalue weighted by molar-refractivity contribution is 7.93. The van der Waals surface area contributed by atoms with E-state index in [1.54, 1.807) is 0 Å². The number of carbonyl (C=O) groups is 1. The summed E-state index contributed by atoms with van der Waals surface area (Å²) in [6.07, 6.45) is 2.03. The number of carbonyl (C=O) groups excluding carboxylic acids is 1. The largest absolute Gasteiger partial charge is 0.494 e. The average molecular weight is 312 g/mol. The molecule has 2 heterocycles. The maximum atomic E-state index is 13.7. The van der Waals surface area contributed by atoms with E-state index in [0.717, 1.165) is 0 Å². The van der Waals surface area contributed by atoms with Gasteiger partial charge in [0.2, 0.25) is 0 Å². The van der Waals surface area contributed by atoms with Crippen LogP contribution in [0.1, 0.15) is 36.0 Å². The standard InChI is InChI=1S/C15H17FO4S/c1-20-14-5-2-9(8-13(14)16)15(17)10-6-11-3-4-12(7-10)21(11,18)19/h2,5,8,10-12H,3-4,6-7H2,1H3. The van der Waals surface area contributed by atoms with Gasteiger partial charge >= 0.3 is 0 Å². The van der Waals surface area contributed by atoms with Crippen LogP contribution in [0.5, 0.6) is 5.75 Å². The van der Waals surface area contributed by atoms with Crippen LogP contribution in [0.25, 0.3) is 0 Å². The highest BCUT2D eigenvalue weighted by Crippen LogP contribution is 2.42. The second kappa shape index (κ2) is 5.09. The van der Waals surface area contributed by atoms with Crippen molar-refractivity contribution in [1.29, 1.82) is 0 Å². The molecule has 2 bridgehead atoms. The number of hydrogen-bond acceptors (Lipinski definition) is 4. The molecule has 0 aromatic heterocycles. The third kappa shape index (κ3) is 2.35. The van der Waals surface area contributed by atoms with Crippen molar-refractivity contribution < 1.29 is 22.3 Å². The maximum Gasteiger partial charge on any atom is 0.166 e. The van der Waals surface area contributed by atoms with E-state index in [0.29, 0.717) is 25.7 Å². The van der Waals surface area contributed by atoms with E-state index in [4.69, 9.17) is 4.74 Å². The van der Waals surface area contributed by atoms with Gasteiger partial charge in [-0.1, -0.05) is 0 Å². The summed E-state index contributed by atoms with van der Waals surface area (Å²) in [5.41, 5.74) is 0.289. The van der Waals surface area contributed by atoms with Crippen LogP contribution >= 0.6 is 0 Å². The number of methoxy groups -OCH3 is 1. The number of halogens is 1. The number of rotatable bonds is 3. The first-order chi connectivity index (χ1) is 9.93. The number of fused-ring (bicyclic) bond motifs is 2. The number of hydrogen-bond donors (Lipinski definition) is 0. The molecule has 21 heavy (non-hydrogen) atoms. The zero-order chi connectivity index (χ0) is 15.2. The van der Waals surface area contributed by atoms with E-state index in [1.165, 1.54) is 25.3 Å². The Balaban J connectivity index is 1.83. The lowest BCUT2D eigenvalue weighted by Gasteiger charge is -2.27. The SMILES string of the molecule is COc1ccc(C(=O)C2CC3CCC(C2)S3(=O)=O)cc1F. The number of sulfone groups is 1. The molecule has 1 aromatic carbocycles. The van der Waals surface area contributed by atoms with E-state index in [2.05, 4.69) is 0 Å². The summed E-state index contributed by atoms with van der Waals surface area (Å²) in [5.74, 6) is -0.963. The second-order valence-electron chi connectivity index (χ2n) is 5.79. The third-order valence-corrected chi connectivity index (χ3v) is 7.36. The number of benzene rings is 1. The van der Waals surface area contributed by atoms with Gasteiger partial charge in [0, 0.05) is 11.5 Å². The van der Waals surface area contributed by atoms with Crippen molar-refractivity contribution in [1.82, 2.24) is 0 Å². The topological polar surface area (TPSA) is 60.4 Å². The van der Waals surface area contributed by atoms with Crippen LogP contribution in [-0.2, 0) is 9.84 Å². The Kier molecular flexibility index (Phi) is 3.51. The number of Topliss-reactive ketones (excluding diaryl/α,β-unsaturated/α-hetero) is 1. The number of ether oxygens (including phenoxy) is 1. The van der Waals surface area contributed by atoms with Gasteiger partial charge in [0.1, 0.15) is 0 Å². The van der Waals surface area contributed by atoms with Crippen molar-refractivity contribution in [3.05, 3.63) is 29.6 Å². The average Bonchev–Trinajstić information content (AvgIpc) is 2.66. The minimum absolute atomic E-state index is 0.0952. The Bertz CT molecular complexity index is 663. The molecule has 3 rings (SSSR count). The maximum absolute atomic E-state index is 13.7. The first kappa shape index (κ1) is 14.5. The first-order valence-corrected chi connectivity index (χ1v) is 8.65. The van der Waals surface area contributed by atoms with Crippen LogP contribution < -0.4 is 4.74 Å². The van der Waals surface area contributed by atoms with E-state index in [-0.39, 0.29) is 23.0 Å². The van der Waals surface area contributed by atoms with E-state index in [1.807, 2.05) is 0 Å². The number of ketones is 1. The highest BCUT2D eigenvalue weighted by atomic mass is 32.2. The molecule has 4 nitrogen and oxygen atoms in total. The Morgan fingerprint density at radius 3 is 2.38 bits per heavy atom. The molecule has 0 N–H and O–H groups in total. The van der Waals surface area contributed by atoms with E-state index in [9.17, 15) is 17.6 Å². The van der Waals surface area contributed by atoms with Gasteiger partial charge in [-0.2, -0.15) is 0 Å². The molecule has 2 saturated heterocycles. The Hall–Kier alpha value is -1.43. The van der Waals surface area contributed by atoms with Gasteiger partial charge in [0.15, 0.2) is 27.2 Å². The molecule has 0 spiro atoms. The molecule has 2 fully saturated rings. The first-order valence-electron chi connectivity index (χ1n) is 7.04. The smallest absolute Gasteiger partial charge is 0.166 e. The molecule has 2 aliphatic heterocycles. The van der Waals surface area contributed by atoms with Gasteiger partial charge in [-0.25, -0.2) is 12.8 Å². The monoisotopic (exact) mass is 312 g/mol. The lowest BCUT2D eigenvalue weighted by molar-refractivity contribution is 0.0905. The predicted octanol–water partition coefficient (Wildman–Crippen LogP) is 2.37. The zero-order valence-corrected chi connectivity index (χ0v) is 12.5. The molecule has 0 radical (unpaired) electrons. The van der Waals surface area contributed by atoms with Crippen molar-refractivity contribution in [2.45, 2.75) is 36.2 Å². The van der Waals surface area contributed by atoms with Crippen LogP contribution in [0.3, 0.4) is 0 Å². The summed E-state index contributed by atoms with van der Waals surface area (Å²) < 4.78 is 42.6. The van der Waals surface area contributed by atoms with Crippen LogP contribution in [0.15, 0.2) is 18.2 Å². The summed E-state index contributed by atoms with van der Waals surface area (Å²) in [6, 6.07) is 4.14. The van der Waals surface area contributed by atoms with E-state index < -0.39 is 26.2 Å². The summed E-state index contributed by atoms with van der Waals surface area (Å²) in [5, 5.41) is -0.790. The normalized spacial score (nSPS) is 30.1. The lowest BCUT2D eigenvalue weighted by atomic mass is 9.90. The van der Waals surface area contributed by atoms with Gasteiger partial charge in [-0.3, -0.25) is 4.79 Å². The van der Waals surface area contributed by atoms with Crippen molar-refractivity contribution in [2.24, 2.45) is 5.92 Å². The fourth-order valence-corrected chi connectivity index (χ4v) is 5.95. The minimum Gasteiger partial charge on any atom is -0.494 e. The van der Waals surface area contributed by atoms with Crippen molar-refractivity contribution in [3.63, 3.8) is 0 Å². The molecule has 114 valence electrons. The summed E-state index contributed by atoms with van der Waals surface area (Å²) in [7, 11) is -1.68. The van der Waals surface area contributed by atoms with Gasteiger partial charge in [0.05, 0.1) is 17.6 Å². The van der Waals surface area contributed by atoms with Gasteiger partial charge < -0.3 is 4.74 Å². The molecular weight excluding hydrogens is 295 g/mol. The molecule has 2 unspecified atom stereocenters. The predicted molar refractivity (Wildman–Crippen MR) is 75.7 cm³/mol. The van der Waals surface area contributed by atoms with Crippen LogP contribution in [0.2, 0.25) is 0 Å². The van der Waals surface area contributed by atoms with Gasteiger partial charge in [-0.05, 0) is 43.9 Å². The molecular formula is C15H17FO4S. The van der Waals surface area contributed by atoms with Gasteiger partial charge in [0.25, 0.3) is 0 Å². The van der Waals surface area contributed by atoms with E-state index >= 15 is 0 Å². The van der Waals surface area contributed by atoms with Gasteiger partial charge in [-0.15, -0.1) is 0 Å². The Morgan fingerprint density at radius 1 is 1.24 bits per heavy atom. The molecule has 0 saturated carbocycles. The lowest BCUT2D eigenvalue weighted by Crippen LogP contribution is -2.36.